The number of hydrogen-bond donors (Lipinski definition) is 4. The lowest BCUT2D eigenvalue weighted by Gasteiger charge is -2.13. The standard InChI is InChI=1S/C13H22N4/c1-2-3-4-5-6-9-7-8-10(14)12(15)11(9)13(16)17/h7-8H,2-6,14-15H2,1H3,(H3,16,17). The van der Waals surface area contributed by atoms with Gasteiger partial charge in [-0.1, -0.05) is 32.3 Å². The van der Waals surface area contributed by atoms with E-state index in [-0.39, 0.29) is 5.84 Å². The summed E-state index contributed by atoms with van der Waals surface area (Å²) in [6.45, 7) is 2.18. The fourth-order valence-corrected chi connectivity index (χ4v) is 1.95. The highest BCUT2D eigenvalue weighted by molar-refractivity contribution is 6.03. The Balaban J connectivity index is 2.84. The van der Waals surface area contributed by atoms with Gasteiger partial charge < -0.3 is 17.2 Å². The molecule has 0 saturated heterocycles. The SMILES string of the molecule is CCCCCCc1ccc(N)c(N)c1C(=N)N. The fourth-order valence-electron chi connectivity index (χ4n) is 1.95. The largest absolute Gasteiger partial charge is 0.397 e. The van der Waals surface area contributed by atoms with Gasteiger partial charge in [0.05, 0.1) is 11.4 Å². The molecule has 0 fully saturated rings. The number of anilines is 2. The Kier molecular flexibility index (Phi) is 4.82. The molecule has 0 atom stereocenters. The van der Waals surface area contributed by atoms with E-state index in [1.54, 1.807) is 6.07 Å². The Morgan fingerprint density at radius 2 is 1.88 bits per heavy atom. The summed E-state index contributed by atoms with van der Waals surface area (Å²) in [7, 11) is 0. The summed E-state index contributed by atoms with van der Waals surface area (Å²) < 4.78 is 0. The fraction of sp³-hybridized carbons (Fsp3) is 0.462. The third-order valence-corrected chi connectivity index (χ3v) is 2.93. The molecule has 0 spiro atoms. The second kappa shape index (κ2) is 6.13. The Morgan fingerprint density at radius 3 is 2.47 bits per heavy atom. The minimum absolute atomic E-state index is 0.000270. The molecule has 7 N–H and O–H groups in total. The van der Waals surface area contributed by atoms with Gasteiger partial charge >= 0.3 is 0 Å². The molecule has 17 heavy (non-hydrogen) atoms. The highest BCUT2D eigenvalue weighted by atomic mass is 14.7. The van der Waals surface area contributed by atoms with Crippen LogP contribution in [0.2, 0.25) is 0 Å². The second-order valence-corrected chi connectivity index (χ2v) is 4.33. The summed E-state index contributed by atoms with van der Waals surface area (Å²) in [4.78, 5) is 0. The first-order chi connectivity index (χ1) is 8.07. The Morgan fingerprint density at radius 1 is 1.18 bits per heavy atom. The number of nitrogens with two attached hydrogens (primary N) is 3. The van der Waals surface area contributed by atoms with Crippen LogP contribution in [-0.2, 0) is 6.42 Å². The van der Waals surface area contributed by atoms with Gasteiger partial charge in [0.25, 0.3) is 0 Å². The van der Waals surface area contributed by atoms with Crippen LogP contribution in [0.25, 0.3) is 0 Å². The number of unbranched alkanes of at least 4 members (excludes halogenated alkanes) is 3. The number of aryl methyl sites for hydroxylation is 1. The normalized spacial score (nSPS) is 10.4. The Labute approximate surface area is 103 Å². The molecule has 0 unspecified atom stereocenters. The van der Waals surface area contributed by atoms with Crippen molar-refractivity contribution in [1.82, 2.24) is 0 Å². The first-order valence-electron chi connectivity index (χ1n) is 6.09. The molecule has 0 amide bonds. The van der Waals surface area contributed by atoms with Crippen molar-refractivity contribution in [1.29, 1.82) is 5.41 Å². The van der Waals surface area contributed by atoms with E-state index in [0.717, 1.165) is 18.4 Å². The van der Waals surface area contributed by atoms with Crippen molar-refractivity contribution in [3.63, 3.8) is 0 Å². The van der Waals surface area contributed by atoms with Gasteiger partial charge in [0.1, 0.15) is 5.84 Å². The molecule has 0 aliphatic carbocycles. The van der Waals surface area contributed by atoms with Crippen LogP contribution in [0.4, 0.5) is 11.4 Å². The minimum atomic E-state index is 0.000270. The summed E-state index contributed by atoms with van der Waals surface area (Å²) in [5.74, 6) is 0.000270. The molecular weight excluding hydrogens is 212 g/mol. The summed E-state index contributed by atoms with van der Waals surface area (Å²) in [5, 5.41) is 7.57. The number of nitrogens with one attached hydrogen (secondary N) is 1. The maximum atomic E-state index is 7.57. The predicted octanol–water partition coefficient (Wildman–Crippen LogP) is 2.26. The lowest BCUT2D eigenvalue weighted by atomic mass is 9.98. The highest BCUT2D eigenvalue weighted by Crippen LogP contribution is 2.24. The van der Waals surface area contributed by atoms with E-state index in [2.05, 4.69) is 6.92 Å². The maximum absolute atomic E-state index is 7.57. The molecule has 0 aliphatic heterocycles. The van der Waals surface area contributed by atoms with E-state index in [9.17, 15) is 0 Å². The second-order valence-electron chi connectivity index (χ2n) is 4.33. The van der Waals surface area contributed by atoms with Crippen molar-refractivity contribution in [2.24, 2.45) is 5.73 Å². The third-order valence-electron chi connectivity index (χ3n) is 2.93. The highest BCUT2D eigenvalue weighted by Gasteiger charge is 2.11. The van der Waals surface area contributed by atoms with Crippen LogP contribution < -0.4 is 17.2 Å². The molecule has 0 bridgehead atoms. The zero-order valence-electron chi connectivity index (χ0n) is 10.4. The number of amidine groups is 1. The first kappa shape index (κ1) is 13.4. The quantitative estimate of drug-likeness (QED) is 0.263. The van der Waals surface area contributed by atoms with Gasteiger partial charge in [-0.05, 0) is 24.5 Å². The topological polar surface area (TPSA) is 102 Å². The molecule has 0 aromatic heterocycles. The Hall–Kier alpha value is -1.71. The molecule has 94 valence electrons. The van der Waals surface area contributed by atoms with Gasteiger partial charge in [-0.15, -0.1) is 0 Å². The van der Waals surface area contributed by atoms with Crippen LogP contribution in [0.5, 0.6) is 0 Å². The Bertz CT molecular complexity index is 399. The third kappa shape index (κ3) is 3.37. The van der Waals surface area contributed by atoms with Crippen LogP contribution in [0, 0.1) is 5.41 Å². The molecule has 1 rings (SSSR count). The van der Waals surface area contributed by atoms with E-state index in [1.165, 1.54) is 19.3 Å². The van der Waals surface area contributed by atoms with E-state index in [0.29, 0.717) is 16.9 Å². The molecule has 0 heterocycles. The monoisotopic (exact) mass is 234 g/mol. The summed E-state index contributed by atoms with van der Waals surface area (Å²) >= 11 is 0. The van der Waals surface area contributed by atoms with Gasteiger partial charge in [-0.2, -0.15) is 0 Å². The molecule has 4 nitrogen and oxygen atoms in total. The van der Waals surface area contributed by atoms with E-state index in [4.69, 9.17) is 22.6 Å². The van der Waals surface area contributed by atoms with Gasteiger partial charge in [0.15, 0.2) is 0 Å². The number of rotatable bonds is 6. The lowest BCUT2D eigenvalue weighted by Crippen LogP contribution is -2.17. The van der Waals surface area contributed by atoms with Crippen LogP contribution >= 0.6 is 0 Å². The van der Waals surface area contributed by atoms with Gasteiger partial charge in [0, 0.05) is 5.56 Å². The summed E-state index contributed by atoms with van der Waals surface area (Å²) in [6.07, 6.45) is 5.64. The zero-order chi connectivity index (χ0) is 12.8. The van der Waals surface area contributed by atoms with Crippen molar-refractivity contribution < 1.29 is 0 Å². The van der Waals surface area contributed by atoms with E-state index >= 15 is 0 Å². The van der Waals surface area contributed by atoms with Gasteiger partial charge in [-0.3, -0.25) is 5.41 Å². The van der Waals surface area contributed by atoms with Crippen LogP contribution in [-0.4, -0.2) is 5.84 Å². The molecule has 0 saturated carbocycles. The molecule has 4 heteroatoms. The molecule has 1 aromatic rings. The summed E-state index contributed by atoms with van der Waals surface area (Å²) in [5.41, 5.74) is 19.7. The van der Waals surface area contributed by atoms with Gasteiger partial charge in [-0.25, -0.2) is 0 Å². The predicted molar refractivity (Wildman–Crippen MR) is 74.1 cm³/mol. The smallest absolute Gasteiger partial charge is 0.125 e. The molecular formula is C13H22N4. The van der Waals surface area contributed by atoms with Crippen LogP contribution in [0.15, 0.2) is 12.1 Å². The lowest BCUT2D eigenvalue weighted by molar-refractivity contribution is 0.666. The van der Waals surface area contributed by atoms with E-state index in [1.807, 2.05) is 6.07 Å². The van der Waals surface area contributed by atoms with Crippen molar-refractivity contribution in [2.45, 2.75) is 39.0 Å². The number of hydrogen-bond acceptors (Lipinski definition) is 3. The molecule has 0 aliphatic rings. The van der Waals surface area contributed by atoms with Crippen molar-refractivity contribution in [3.8, 4) is 0 Å². The average molecular weight is 234 g/mol. The molecule has 1 aromatic carbocycles. The average Bonchev–Trinajstić information content (AvgIpc) is 2.28. The minimum Gasteiger partial charge on any atom is -0.397 e. The summed E-state index contributed by atoms with van der Waals surface area (Å²) in [6, 6.07) is 3.71. The number of benzene rings is 1. The number of nitrogen functional groups attached to an aromatic ring is 3. The van der Waals surface area contributed by atoms with Crippen LogP contribution in [0.1, 0.15) is 43.7 Å². The molecule has 0 radical (unpaired) electrons. The van der Waals surface area contributed by atoms with Gasteiger partial charge in [0.2, 0.25) is 0 Å². The zero-order valence-corrected chi connectivity index (χ0v) is 10.4. The van der Waals surface area contributed by atoms with Crippen molar-refractivity contribution in [3.05, 3.63) is 23.3 Å². The van der Waals surface area contributed by atoms with Crippen molar-refractivity contribution >= 4 is 17.2 Å². The first-order valence-corrected chi connectivity index (χ1v) is 6.09. The van der Waals surface area contributed by atoms with E-state index < -0.39 is 0 Å². The maximum Gasteiger partial charge on any atom is 0.125 e. The van der Waals surface area contributed by atoms with Crippen molar-refractivity contribution in [2.75, 3.05) is 11.5 Å². The van der Waals surface area contributed by atoms with Crippen LogP contribution in [0.3, 0.4) is 0 Å².